The molecule has 1 aromatic heterocycles. The van der Waals surface area contributed by atoms with Crippen molar-refractivity contribution in [2.45, 2.75) is 12.8 Å². The molecule has 8 heteroatoms. The number of carbonyl (C=O) groups is 2. The smallest absolute Gasteiger partial charge is 0.305 e. The van der Waals surface area contributed by atoms with Crippen molar-refractivity contribution < 1.29 is 28.6 Å². The van der Waals surface area contributed by atoms with E-state index in [1.807, 2.05) is 0 Å². The van der Waals surface area contributed by atoms with E-state index in [1.54, 1.807) is 0 Å². The van der Waals surface area contributed by atoms with Crippen LogP contribution in [0.5, 0.6) is 11.5 Å². The second-order valence-corrected chi connectivity index (χ2v) is 5.14. The van der Waals surface area contributed by atoms with Gasteiger partial charge < -0.3 is 14.6 Å². The predicted octanol–water partition coefficient (Wildman–Crippen LogP) is 2.29. The number of ketones is 1. The van der Waals surface area contributed by atoms with Crippen molar-refractivity contribution in [2.75, 3.05) is 14.2 Å². The lowest BCUT2D eigenvalue weighted by molar-refractivity contribution is -0.140. The molecule has 0 amide bonds. The van der Waals surface area contributed by atoms with Crippen LogP contribution >= 0.6 is 11.3 Å². The SMILES string of the molecule is COC(=O)CCC(=O)c1nc2c(F)c(O)c(OC)cc2s1. The standard InChI is InChI=1S/C13H12FNO5S/c1-19-7-5-8-11(10(14)12(7)18)15-13(21-8)6(16)3-4-9(17)20-2/h5,18H,3-4H2,1-2H3. The van der Waals surface area contributed by atoms with Crippen LogP contribution in [-0.2, 0) is 9.53 Å². The van der Waals surface area contributed by atoms with Crippen LogP contribution in [0.2, 0.25) is 0 Å². The number of hydrogen-bond acceptors (Lipinski definition) is 7. The molecule has 0 bridgehead atoms. The molecule has 0 radical (unpaired) electrons. The molecule has 21 heavy (non-hydrogen) atoms. The number of esters is 1. The quantitative estimate of drug-likeness (QED) is 0.673. The van der Waals surface area contributed by atoms with E-state index in [0.29, 0.717) is 4.70 Å². The first-order valence-corrected chi connectivity index (χ1v) is 6.75. The van der Waals surface area contributed by atoms with Crippen molar-refractivity contribution in [3.8, 4) is 11.5 Å². The van der Waals surface area contributed by atoms with Gasteiger partial charge in [-0.3, -0.25) is 9.59 Å². The molecule has 0 atom stereocenters. The lowest BCUT2D eigenvalue weighted by atomic mass is 10.2. The van der Waals surface area contributed by atoms with E-state index >= 15 is 0 Å². The van der Waals surface area contributed by atoms with Gasteiger partial charge in [0.05, 0.1) is 25.3 Å². The third-order valence-corrected chi connectivity index (χ3v) is 3.85. The van der Waals surface area contributed by atoms with Crippen molar-refractivity contribution in [3.63, 3.8) is 0 Å². The zero-order chi connectivity index (χ0) is 15.6. The minimum atomic E-state index is -0.937. The van der Waals surface area contributed by atoms with Gasteiger partial charge in [-0.25, -0.2) is 9.37 Å². The van der Waals surface area contributed by atoms with Crippen LogP contribution < -0.4 is 4.74 Å². The Balaban J connectivity index is 2.32. The first-order chi connectivity index (χ1) is 9.97. The van der Waals surface area contributed by atoms with Gasteiger partial charge in [0.25, 0.3) is 0 Å². The molecule has 1 N–H and O–H groups in total. The van der Waals surface area contributed by atoms with Crippen LogP contribution in [0.4, 0.5) is 4.39 Å². The summed E-state index contributed by atoms with van der Waals surface area (Å²) in [5, 5.41) is 9.64. The molecule has 0 aliphatic carbocycles. The Morgan fingerprint density at radius 2 is 2.10 bits per heavy atom. The highest BCUT2D eigenvalue weighted by Gasteiger charge is 2.20. The number of benzene rings is 1. The number of hydrogen-bond donors (Lipinski definition) is 1. The number of methoxy groups -OCH3 is 2. The number of Topliss-reactive ketones (excluding diaryl/α,β-unsaturated/α-hetero) is 1. The van der Waals surface area contributed by atoms with Crippen molar-refractivity contribution in [1.82, 2.24) is 4.98 Å². The largest absolute Gasteiger partial charge is 0.502 e. The number of nitrogens with zero attached hydrogens (tertiary/aromatic N) is 1. The molecule has 0 unspecified atom stereocenters. The van der Waals surface area contributed by atoms with Crippen LogP contribution in [0.1, 0.15) is 22.6 Å². The Hall–Kier alpha value is -2.22. The second kappa shape index (κ2) is 6.04. The maximum absolute atomic E-state index is 13.9. The average Bonchev–Trinajstić information content (AvgIpc) is 2.92. The normalized spacial score (nSPS) is 10.6. The number of phenolic OH excluding ortho intramolecular Hbond substituents is 1. The second-order valence-electron chi connectivity index (χ2n) is 4.11. The number of halogens is 1. The van der Waals surface area contributed by atoms with E-state index in [4.69, 9.17) is 4.74 Å². The van der Waals surface area contributed by atoms with E-state index in [-0.39, 0.29) is 34.9 Å². The van der Waals surface area contributed by atoms with Crippen molar-refractivity contribution >= 4 is 33.3 Å². The number of fused-ring (bicyclic) bond motifs is 1. The number of phenols is 1. The fourth-order valence-electron chi connectivity index (χ4n) is 1.69. The third kappa shape index (κ3) is 2.94. The van der Waals surface area contributed by atoms with E-state index in [9.17, 15) is 19.1 Å². The number of aromatic nitrogens is 1. The maximum Gasteiger partial charge on any atom is 0.305 e. The van der Waals surface area contributed by atoms with Crippen LogP contribution in [0.15, 0.2) is 6.07 Å². The first-order valence-electron chi connectivity index (χ1n) is 5.94. The molecule has 0 saturated carbocycles. The topological polar surface area (TPSA) is 85.7 Å². The van der Waals surface area contributed by atoms with Gasteiger partial charge in [-0.1, -0.05) is 0 Å². The number of thiazole rings is 1. The summed E-state index contributed by atoms with van der Waals surface area (Å²) < 4.78 is 23.6. The summed E-state index contributed by atoms with van der Waals surface area (Å²) in [6.45, 7) is 0. The summed E-state index contributed by atoms with van der Waals surface area (Å²) in [7, 11) is 2.53. The lowest BCUT2D eigenvalue weighted by Crippen LogP contribution is -2.05. The summed E-state index contributed by atoms with van der Waals surface area (Å²) in [6.07, 6.45) is -0.139. The van der Waals surface area contributed by atoms with Gasteiger partial charge in [0.15, 0.2) is 28.1 Å². The molecule has 1 heterocycles. The van der Waals surface area contributed by atoms with Gasteiger partial charge in [0.1, 0.15) is 5.52 Å². The Labute approximate surface area is 123 Å². The molecule has 6 nitrogen and oxygen atoms in total. The van der Waals surface area contributed by atoms with Gasteiger partial charge in [0.2, 0.25) is 0 Å². The van der Waals surface area contributed by atoms with Crippen molar-refractivity contribution in [3.05, 3.63) is 16.9 Å². The highest BCUT2D eigenvalue weighted by molar-refractivity contribution is 7.20. The summed E-state index contributed by atoms with van der Waals surface area (Å²) in [5.74, 6) is -2.51. The van der Waals surface area contributed by atoms with E-state index in [1.165, 1.54) is 20.3 Å². The highest BCUT2D eigenvalue weighted by atomic mass is 32.1. The van der Waals surface area contributed by atoms with Crippen LogP contribution in [0.25, 0.3) is 10.2 Å². The fraction of sp³-hybridized carbons (Fsp3) is 0.308. The number of aromatic hydroxyl groups is 1. The van der Waals surface area contributed by atoms with Crippen molar-refractivity contribution in [1.29, 1.82) is 0 Å². The Bertz CT molecular complexity index is 712. The molecular formula is C13H12FNO5S. The maximum atomic E-state index is 13.9. The number of rotatable bonds is 5. The Morgan fingerprint density at radius 3 is 2.71 bits per heavy atom. The molecule has 0 aliphatic heterocycles. The molecule has 0 aliphatic rings. The van der Waals surface area contributed by atoms with Gasteiger partial charge in [0, 0.05) is 12.5 Å². The molecule has 0 spiro atoms. The van der Waals surface area contributed by atoms with E-state index in [2.05, 4.69) is 9.72 Å². The van der Waals surface area contributed by atoms with Crippen LogP contribution in [-0.4, -0.2) is 36.1 Å². The van der Waals surface area contributed by atoms with Crippen molar-refractivity contribution in [2.24, 2.45) is 0 Å². The fourth-order valence-corrected chi connectivity index (χ4v) is 2.65. The van der Waals surface area contributed by atoms with E-state index < -0.39 is 17.5 Å². The first kappa shape index (κ1) is 15.2. The zero-order valence-corrected chi connectivity index (χ0v) is 12.1. The molecule has 0 saturated heterocycles. The van der Waals surface area contributed by atoms with Gasteiger partial charge in [-0.05, 0) is 0 Å². The number of ether oxygens (including phenoxy) is 2. The van der Waals surface area contributed by atoms with Crippen LogP contribution in [0, 0.1) is 5.82 Å². The Kier molecular flexibility index (Phi) is 4.37. The minimum absolute atomic E-state index is 0.0304. The molecule has 2 aromatic rings. The summed E-state index contributed by atoms with van der Waals surface area (Å²) in [6, 6.07) is 1.41. The Morgan fingerprint density at radius 1 is 1.38 bits per heavy atom. The number of carbonyl (C=O) groups excluding carboxylic acids is 2. The molecule has 112 valence electrons. The summed E-state index contributed by atoms with van der Waals surface area (Å²) in [4.78, 5) is 26.8. The molecular weight excluding hydrogens is 301 g/mol. The van der Waals surface area contributed by atoms with Gasteiger partial charge in [-0.15, -0.1) is 11.3 Å². The summed E-state index contributed by atoms with van der Waals surface area (Å²) in [5.41, 5.74) is -0.0975. The lowest BCUT2D eigenvalue weighted by Gasteiger charge is -2.03. The summed E-state index contributed by atoms with van der Waals surface area (Å²) >= 11 is 0.973. The average molecular weight is 313 g/mol. The molecule has 0 fully saturated rings. The predicted molar refractivity (Wildman–Crippen MR) is 73.4 cm³/mol. The van der Waals surface area contributed by atoms with Gasteiger partial charge in [-0.2, -0.15) is 0 Å². The van der Waals surface area contributed by atoms with Gasteiger partial charge >= 0.3 is 5.97 Å². The zero-order valence-electron chi connectivity index (χ0n) is 11.3. The molecule has 1 aromatic carbocycles. The third-order valence-electron chi connectivity index (χ3n) is 2.81. The monoisotopic (exact) mass is 313 g/mol. The van der Waals surface area contributed by atoms with Crippen LogP contribution in [0.3, 0.4) is 0 Å². The minimum Gasteiger partial charge on any atom is -0.502 e. The van der Waals surface area contributed by atoms with E-state index in [0.717, 1.165) is 11.3 Å². The molecule has 2 rings (SSSR count). The highest BCUT2D eigenvalue weighted by Crippen LogP contribution is 2.37.